The lowest BCUT2D eigenvalue weighted by Crippen LogP contribution is -3.13. The standard InChI is InChI=1S/C24H33FN2O2/c1-2-3-7-15-26-24(28)23-14-13-22(29-23)18-27(21-11-5-4-6-12-21)17-19-9-8-10-20(25)16-19/h8-10,13-14,16,21H,2-7,11-12,15,17-18H2,1H3,(H,26,28)/p+1. The zero-order chi connectivity index (χ0) is 20.5. The van der Waals surface area contributed by atoms with E-state index in [9.17, 15) is 9.18 Å². The number of halogens is 1. The molecule has 1 saturated carbocycles. The molecule has 4 nitrogen and oxygen atoms in total. The molecule has 1 aliphatic rings. The molecule has 1 heterocycles. The van der Waals surface area contributed by atoms with Crippen molar-refractivity contribution in [1.82, 2.24) is 5.32 Å². The normalized spacial score (nSPS) is 15.9. The molecule has 1 unspecified atom stereocenters. The van der Waals surface area contributed by atoms with E-state index in [-0.39, 0.29) is 11.7 Å². The number of rotatable bonds is 10. The van der Waals surface area contributed by atoms with Crippen LogP contribution in [0.1, 0.15) is 80.2 Å². The first-order valence-electron chi connectivity index (χ1n) is 11.1. The van der Waals surface area contributed by atoms with Crippen LogP contribution in [0.2, 0.25) is 0 Å². The Bertz CT molecular complexity index is 768. The third kappa shape index (κ3) is 6.70. The van der Waals surface area contributed by atoms with Gasteiger partial charge in [-0.15, -0.1) is 0 Å². The molecule has 2 aromatic rings. The molecule has 29 heavy (non-hydrogen) atoms. The molecule has 1 aliphatic carbocycles. The van der Waals surface area contributed by atoms with E-state index in [0.717, 1.165) is 37.1 Å². The summed E-state index contributed by atoms with van der Waals surface area (Å²) >= 11 is 0. The van der Waals surface area contributed by atoms with Crippen LogP contribution < -0.4 is 10.2 Å². The van der Waals surface area contributed by atoms with Crippen LogP contribution in [0.25, 0.3) is 0 Å². The van der Waals surface area contributed by atoms with Gasteiger partial charge in [0.2, 0.25) is 0 Å². The van der Waals surface area contributed by atoms with E-state index in [1.165, 1.54) is 43.1 Å². The Kier molecular flexibility index (Phi) is 8.29. The van der Waals surface area contributed by atoms with Crippen LogP contribution in [0.15, 0.2) is 40.8 Å². The van der Waals surface area contributed by atoms with E-state index in [0.29, 0.717) is 24.9 Å². The highest BCUT2D eigenvalue weighted by Gasteiger charge is 2.26. The minimum Gasteiger partial charge on any atom is -0.450 e. The second-order valence-corrected chi connectivity index (χ2v) is 8.21. The molecular formula is C24H34FN2O2+. The molecule has 5 heteroatoms. The molecule has 0 bridgehead atoms. The van der Waals surface area contributed by atoms with Crippen LogP contribution in [-0.2, 0) is 13.1 Å². The summed E-state index contributed by atoms with van der Waals surface area (Å²) in [7, 11) is 0. The topological polar surface area (TPSA) is 46.7 Å². The van der Waals surface area contributed by atoms with Crippen molar-refractivity contribution in [2.75, 3.05) is 6.54 Å². The lowest BCUT2D eigenvalue weighted by molar-refractivity contribution is -0.954. The van der Waals surface area contributed by atoms with E-state index < -0.39 is 0 Å². The number of nitrogens with one attached hydrogen (secondary N) is 2. The maximum atomic E-state index is 13.7. The third-order valence-electron chi connectivity index (χ3n) is 5.86. The summed E-state index contributed by atoms with van der Waals surface area (Å²) in [6, 6.07) is 11.1. The van der Waals surface area contributed by atoms with Gasteiger partial charge in [0.25, 0.3) is 5.91 Å². The average molecular weight is 402 g/mol. The van der Waals surface area contributed by atoms with Crippen molar-refractivity contribution in [3.8, 4) is 0 Å². The highest BCUT2D eigenvalue weighted by Crippen LogP contribution is 2.17. The zero-order valence-electron chi connectivity index (χ0n) is 17.5. The second kappa shape index (κ2) is 11.1. The minimum absolute atomic E-state index is 0.142. The first-order valence-corrected chi connectivity index (χ1v) is 11.1. The zero-order valence-corrected chi connectivity index (χ0v) is 17.5. The van der Waals surface area contributed by atoms with Crippen LogP contribution >= 0.6 is 0 Å². The summed E-state index contributed by atoms with van der Waals surface area (Å²) in [5.74, 6) is 0.869. The Morgan fingerprint density at radius 2 is 1.97 bits per heavy atom. The lowest BCUT2D eigenvalue weighted by Gasteiger charge is -2.31. The SMILES string of the molecule is CCCCCNC(=O)c1ccc(C[NH+](Cc2cccc(F)c2)C2CCCCC2)o1. The van der Waals surface area contributed by atoms with E-state index in [2.05, 4.69) is 12.2 Å². The number of benzene rings is 1. The molecule has 3 rings (SSSR count). The van der Waals surface area contributed by atoms with E-state index in [1.54, 1.807) is 18.2 Å². The summed E-state index contributed by atoms with van der Waals surface area (Å²) in [4.78, 5) is 13.7. The molecule has 1 fully saturated rings. The van der Waals surface area contributed by atoms with Gasteiger partial charge in [0, 0.05) is 12.1 Å². The van der Waals surface area contributed by atoms with Crippen molar-refractivity contribution >= 4 is 5.91 Å². The first-order chi connectivity index (χ1) is 14.2. The summed E-state index contributed by atoms with van der Waals surface area (Å²) in [5, 5.41) is 2.93. The Morgan fingerprint density at radius 3 is 2.72 bits per heavy atom. The molecule has 1 atom stereocenters. The number of hydrogen-bond donors (Lipinski definition) is 2. The average Bonchev–Trinajstić information content (AvgIpc) is 3.20. The number of furan rings is 1. The number of quaternary nitrogens is 1. The number of carbonyl (C=O) groups excluding carboxylic acids is 1. The van der Waals surface area contributed by atoms with Gasteiger partial charge in [-0.25, -0.2) is 4.39 Å². The van der Waals surface area contributed by atoms with Crippen LogP contribution in [0.5, 0.6) is 0 Å². The predicted molar refractivity (Wildman–Crippen MR) is 112 cm³/mol. The molecule has 0 spiro atoms. The molecule has 0 aliphatic heterocycles. The highest BCUT2D eigenvalue weighted by atomic mass is 19.1. The van der Waals surface area contributed by atoms with E-state index in [4.69, 9.17) is 4.42 Å². The van der Waals surface area contributed by atoms with Gasteiger partial charge in [-0.05, 0) is 56.4 Å². The minimum atomic E-state index is -0.189. The molecular weight excluding hydrogens is 367 g/mol. The van der Waals surface area contributed by atoms with Gasteiger partial charge in [0.05, 0.1) is 6.04 Å². The first kappa shape index (κ1) is 21.6. The van der Waals surface area contributed by atoms with Crippen molar-refractivity contribution in [2.45, 2.75) is 77.4 Å². The molecule has 2 N–H and O–H groups in total. The highest BCUT2D eigenvalue weighted by molar-refractivity contribution is 5.91. The molecule has 158 valence electrons. The summed E-state index contributed by atoms with van der Waals surface area (Å²) in [6.07, 6.45) is 9.42. The Morgan fingerprint density at radius 1 is 1.14 bits per heavy atom. The van der Waals surface area contributed by atoms with Gasteiger partial charge in [-0.2, -0.15) is 0 Å². The van der Waals surface area contributed by atoms with Crippen molar-refractivity contribution in [3.05, 3.63) is 59.3 Å². The van der Waals surface area contributed by atoms with Crippen molar-refractivity contribution in [1.29, 1.82) is 0 Å². The monoisotopic (exact) mass is 401 g/mol. The van der Waals surface area contributed by atoms with Gasteiger partial charge in [-0.1, -0.05) is 38.3 Å². The van der Waals surface area contributed by atoms with Gasteiger partial charge in [0.1, 0.15) is 18.9 Å². The van der Waals surface area contributed by atoms with E-state index in [1.807, 2.05) is 12.1 Å². The predicted octanol–water partition coefficient (Wildman–Crippen LogP) is 4.26. The van der Waals surface area contributed by atoms with Gasteiger partial charge in [0.15, 0.2) is 11.5 Å². The van der Waals surface area contributed by atoms with Crippen molar-refractivity contribution < 1.29 is 18.5 Å². The summed E-state index contributed by atoms with van der Waals surface area (Å²) in [5.41, 5.74) is 1.01. The molecule has 1 aromatic carbocycles. The van der Waals surface area contributed by atoms with Crippen molar-refractivity contribution in [3.63, 3.8) is 0 Å². The van der Waals surface area contributed by atoms with Crippen LogP contribution in [0, 0.1) is 5.82 Å². The third-order valence-corrected chi connectivity index (χ3v) is 5.86. The largest absolute Gasteiger partial charge is 0.450 e. The maximum Gasteiger partial charge on any atom is 0.286 e. The molecule has 1 aromatic heterocycles. The molecule has 0 saturated heterocycles. The Labute approximate surface area is 173 Å². The fourth-order valence-corrected chi connectivity index (χ4v) is 4.25. The summed E-state index contributed by atoms with van der Waals surface area (Å²) < 4.78 is 19.5. The molecule has 1 amide bonds. The van der Waals surface area contributed by atoms with Crippen LogP contribution in [0.3, 0.4) is 0 Å². The number of hydrogen-bond acceptors (Lipinski definition) is 2. The van der Waals surface area contributed by atoms with Crippen LogP contribution in [-0.4, -0.2) is 18.5 Å². The van der Waals surface area contributed by atoms with Crippen molar-refractivity contribution in [2.24, 2.45) is 0 Å². The number of amides is 1. The number of unbranched alkanes of at least 4 members (excludes halogenated alkanes) is 2. The van der Waals surface area contributed by atoms with Crippen LogP contribution in [0.4, 0.5) is 4.39 Å². The Hall–Kier alpha value is -2.14. The smallest absolute Gasteiger partial charge is 0.286 e. The quantitative estimate of drug-likeness (QED) is 0.585. The maximum absolute atomic E-state index is 13.7. The lowest BCUT2D eigenvalue weighted by atomic mass is 9.93. The van der Waals surface area contributed by atoms with E-state index >= 15 is 0 Å². The fourth-order valence-electron chi connectivity index (χ4n) is 4.25. The number of carbonyl (C=O) groups is 1. The fraction of sp³-hybridized carbons (Fsp3) is 0.542. The molecule has 0 radical (unpaired) electrons. The summed E-state index contributed by atoms with van der Waals surface area (Å²) in [6.45, 7) is 4.30. The van der Waals surface area contributed by atoms with Gasteiger partial charge < -0.3 is 14.6 Å². The Balaban J connectivity index is 1.64. The second-order valence-electron chi connectivity index (χ2n) is 8.21. The van der Waals surface area contributed by atoms with Gasteiger partial charge >= 0.3 is 0 Å². The van der Waals surface area contributed by atoms with Gasteiger partial charge in [-0.3, -0.25) is 4.79 Å².